The first-order chi connectivity index (χ1) is 19.9. The van der Waals surface area contributed by atoms with Crippen molar-refractivity contribution in [1.29, 1.82) is 0 Å². The van der Waals surface area contributed by atoms with Crippen molar-refractivity contribution in [2.45, 2.75) is 39.2 Å². The first-order valence-electron chi connectivity index (χ1n) is 12.9. The van der Waals surface area contributed by atoms with E-state index in [1.165, 1.54) is 12.3 Å². The van der Waals surface area contributed by atoms with E-state index in [1.54, 1.807) is 6.92 Å². The van der Waals surface area contributed by atoms with Crippen LogP contribution in [0.5, 0.6) is 11.9 Å². The molecule has 1 aliphatic heterocycles. The third-order valence-electron chi connectivity index (χ3n) is 6.59. The van der Waals surface area contributed by atoms with Gasteiger partial charge in [-0.15, -0.1) is 0 Å². The van der Waals surface area contributed by atoms with E-state index in [4.69, 9.17) is 15.2 Å². The minimum Gasteiger partial charge on any atom is -0.474 e. The molecule has 4 heterocycles. The highest BCUT2D eigenvalue weighted by molar-refractivity contribution is 5.96. The average molecular weight is 594 g/mol. The predicted octanol–water partition coefficient (Wildman–Crippen LogP) is 5.17. The topological polar surface area (TPSA) is 120 Å². The number of benzene rings is 1. The highest BCUT2D eigenvalue weighted by Gasteiger charge is 2.39. The summed E-state index contributed by atoms with van der Waals surface area (Å²) in [5.41, 5.74) is 1.23. The Balaban J connectivity index is 1.75. The largest absolute Gasteiger partial charge is 0.474 e. The summed E-state index contributed by atoms with van der Waals surface area (Å²) in [5, 5.41) is 6.22. The highest BCUT2D eigenvalue weighted by Crippen LogP contribution is 2.44. The molecule has 1 atom stereocenters. The van der Waals surface area contributed by atoms with E-state index in [2.05, 4.69) is 30.6 Å². The van der Waals surface area contributed by atoms with Gasteiger partial charge in [-0.2, -0.15) is 27.5 Å². The molecular formula is C27H25F6N7O2. The summed E-state index contributed by atoms with van der Waals surface area (Å²) >= 11 is 0. The number of halogens is 6. The number of ether oxygens (including phenoxy) is 2. The summed E-state index contributed by atoms with van der Waals surface area (Å²) < 4.78 is 98.3. The summed E-state index contributed by atoms with van der Waals surface area (Å²) in [6.45, 7) is 3.83. The molecule has 4 N–H and O–H groups in total. The van der Waals surface area contributed by atoms with Gasteiger partial charge in [0.2, 0.25) is 11.8 Å². The molecule has 0 saturated heterocycles. The van der Waals surface area contributed by atoms with Gasteiger partial charge in [-0.25, -0.2) is 18.7 Å². The maximum Gasteiger partial charge on any atom is 0.417 e. The van der Waals surface area contributed by atoms with Crippen LogP contribution < -0.4 is 25.8 Å². The standard InChI is InChI=1S/C27H25F6N7O2/c1-12-5-6-35-7-8-36-24-18-23(39-26(40-24)41-11-14-3-4-17(28)37-10-14)21(30)22(38-25(18)42-12)15-9-16(34)20(29)13(2)19(15)27(31,32)33/h3-4,9-10,12,35H,5-8,11,34H2,1-2H3,(H,36,39,40). The molecule has 0 amide bonds. The van der Waals surface area contributed by atoms with Crippen LogP contribution in [0.4, 0.5) is 37.8 Å². The lowest BCUT2D eigenvalue weighted by Crippen LogP contribution is -2.26. The van der Waals surface area contributed by atoms with Crippen LogP contribution >= 0.6 is 0 Å². The summed E-state index contributed by atoms with van der Waals surface area (Å²) in [7, 11) is 0. The van der Waals surface area contributed by atoms with Gasteiger partial charge < -0.3 is 25.8 Å². The van der Waals surface area contributed by atoms with E-state index >= 15 is 4.39 Å². The molecule has 15 heteroatoms. The molecule has 1 aliphatic rings. The number of nitrogen functional groups attached to an aromatic ring is 1. The third kappa shape index (κ3) is 5.82. The molecule has 42 heavy (non-hydrogen) atoms. The second-order valence-electron chi connectivity index (χ2n) is 9.65. The van der Waals surface area contributed by atoms with Crippen LogP contribution in [0.3, 0.4) is 0 Å². The smallest absolute Gasteiger partial charge is 0.417 e. The molecule has 1 unspecified atom stereocenters. The summed E-state index contributed by atoms with van der Waals surface area (Å²) in [6.07, 6.45) is -3.85. The van der Waals surface area contributed by atoms with Crippen molar-refractivity contribution >= 4 is 22.4 Å². The fraction of sp³-hybridized carbons (Fsp3) is 0.333. The van der Waals surface area contributed by atoms with Crippen LogP contribution in [0.2, 0.25) is 0 Å². The SMILES string of the molecule is Cc1c(F)c(N)cc(-c2nc3c4c(nc(OCc5ccc(F)nc5)nc4c2F)NCCNCCC(C)O3)c1C(F)(F)F. The van der Waals surface area contributed by atoms with Crippen molar-refractivity contribution in [2.24, 2.45) is 0 Å². The van der Waals surface area contributed by atoms with Crippen molar-refractivity contribution in [1.82, 2.24) is 25.3 Å². The molecule has 0 bridgehead atoms. The lowest BCUT2D eigenvalue weighted by atomic mass is 9.96. The average Bonchev–Trinajstić information content (AvgIpc) is 2.96. The van der Waals surface area contributed by atoms with E-state index in [0.29, 0.717) is 37.7 Å². The van der Waals surface area contributed by atoms with E-state index in [1.807, 2.05) is 0 Å². The van der Waals surface area contributed by atoms with Gasteiger partial charge in [-0.3, -0.25) is 0 Å². The number of nitrogens with zero attached hydrogens (tertiary/aromatic N) is 4. The number of pyridine rings is 2. The Morgan fingerprint density at radius 3 is 2.57 bits per heavy atom. The fourth-order valence-corrected chi connectivity index (χ4v) is 4.54. The number of nitrogens with two attached hydrogens (primary N) is 1. The number of rotatable bonds is 4. The van der Waals surface area contributed by atoms with Crippen LogP contribution in [-0.2, 0) is 12.8 Å². The molecule has 3 aromatic heterocycles. The van der Waals surface area contributed by atoms with Crippen molar-refractivity contribution in [3.63, 3.8) is 0 Å². The van der Waals surface area contributed by atoms with Crippen molar-refractivity contribution in [2.75, 3.05) is 30.7 Å². The third-order valence-corrected chi connectivity index (χ3v) is 6.59. The molecule has 5 rings (SSSR count). The van der Waals surface area contributed by atoms with Gasteiger partial charge in [0.05, 0.1) is 17.4 Å². The molecule has 0 aliphatic carbocycles. The first kappa shape index (κ1) is 29.1. The molecular weight excluding hydrogens is 568 g/mol. The Hall–Kier alpha value is -4.40. The van der Waals surface area contributed by atoms with Gasteiger partial charge in [0.25, 0.3) is 0 Å². The molecule has 9 nitrogen and oxygen atoms in total. The van der Waals surface area contributed by atoms with E-state index in [0.717, 1.165) is 13.0 Å². The lowest BCUT2D eigenvalue weighted by Gasteiger charge is -2.21. The minimum absolute atomic E-state index is 0.0267. The number of aromatic nitrogens is 4. The van der Waals surface area contributed by atoms with E-state index in [-0.39, 0.29) is 29.7 Å². The number of hydrogen-bond acceptors (Lipinski definition) is 9. The van der Waals surface area contributed by atoms with Crippen LogP contribution in [-0.4, -0.2) is 45.7 Å². The zero-order valence-electron chi connectivity index (χ0n) is 22.4. The Kier molecular flexibility index (Phi) is 7.95. The number of hydrogen-bond donors (Lipinski definition) is 3. The Morgan fingerprint density at radius 1 is 1.07 bits per heavy atom. The molecule has 0 spiro atoms. The van der Waals surface area contributed by atoms with Gasteiger partial charge in [-0.1, -0.05) is 0 Å². The molecule has 222 valence electrons. The van der Waals surface area contributed by atoms with Gasteiger partial charge >= 0.3 is 12.2 Å². The number of alkyl halides is 3. The maximum atomic E-state index is 16.3. The highest BCUT2D eigenvalue weighted by atomic mass is 19.4. The Morgan fingerprint density at radius 2 is 1.86 bits per heavy atom. The molecule has 1 aromatic carbocycles. The summed E-state index contributed by atoms with van der Waals surface area (Å²) in [5.74, 6) is -3.41. The number of nitrogens with one attached hydrogen (secondary N) is 2. The van der Waals surface area contributed by atoms with E-state index < -0.39 is 63.5 Å². The molecule has 0 fully saturated rings. The van der Waals surface area contributed by atoms with Gasteiger partial charge in [0.1, 0.15) is 34.8 Å². The van der Waals surface area contributed by atoms with Gasteiger partial charge in [0.15, 0.2) is 5.82 Å². The van der Waals surface area contributed by atoms with E-state index in [9.17, 15) is 22.0 Å². The van der Waals surface area contributed by atoms with Gasteiger partial charge in [0, 0.05) is 30.4 Å². The second kappa shape index (κ2) is 11.5. The van der Waals surface area contributed by atoms with Crippen molar-refractivity contribution < 1.29 is 35.8 Å². The monoisotopic (exact) mass is 593 g/mol. The second-order valence-corrected chi connectivity index (χ2v) is 9.65. The lowest BCUT2D eigenvalue weighted by molar-refractivity contribution is -0.137. The van der Waals surface area contributed by atoms with Crippen LogP contribution in [0, 0.1) is 24.5 Å². The Labute approximate surface area is 235 Å². The quantitative estimate of drug-likeness (QED) is 0.167. The van der Waals surface area contributed by atoms with Crippen molar-refractivity contribution in [3.8, 4) is 23.1 Å². The zero-order chi connectivity index (χ0) is 30.2. The van der Waals surface area contributed by atoms with Gasteiger partial charge in [-0.05, 0) is 50.6 Å². The Bertz CT molecular complexity index is 1630. The summed E-state index contributed by atoms with van der Waals surface area (Å²) in [4.78, 5) is 16.2. The van der Waals surface area contributed by atoms with Crippen molar-refractivity contribution in [3.05, 3.63) is 58.7 Å². The molecule has 4 aromatic rings. The van der Waals surface area contributed by atoms with Crippen LogP contribution in [0.25, 0.3) is 22.2 Å². The minimum atomic E-state index is -5.08. The van der Waals surface area contributed by atoms with Crippen LogP contribution in [0.1, 0.15) is 30.0 Å². The zero-order valence-corrected chi connectivity index (χ0v) is 22.4. The van der Waals surface area contributed by atoms with Crippen LogP contribution in [0.15, 0.2) is 24.4 Å². The first-order valence-corrected chi connectivity index (χ1v) is 12.9. The predicted molar refractivity (Wildman–Crippen MR) is 141 cm³/mol. The fourth-order valence-electron chi connectivity index (χ4n) is 4.54. The number of anilines is 2. The molecule has 0 saturated carbocycles. The maximum absolute atomic E-state index is 16.3. The normalized spacial score (nSPS) is 16.0. The summed E-state index contributed by atoms with van der Waals surface area (Å²) in [6, 6.07) is 2.89. The molecule has 0 radical (unpaired) electrons.